The van der Waals surface area contributed by atoms with E-state index in [4.69, 9.17) is 5.26 Å². The molecule has 4 heteroatoms. The minimum atomic E-state index is -0.0996. The first-order chi connectivity index (χ1) is 12.7. The van der Waals surface area contributed by atoms with Crippen LogP contribution in [0.1, 0.15) is 21.5 Å². The summed E-state index contributed by atoms with van der Waals surface area (Å²) in [5, 5.41) is 12.2. The third-order valence-electron chi connectivity index (χ3n) is 3.79. The fourth-order valence-corrected chi connectivity index (χ4v) is 2.94. The minimum Gasteiger partial charge on any atom is -0.355 e. The van der Waals surface area contributed by atoms with Crippen LogP contribution in [0.5, 0.6) is 0 Å². The van der Waals surface area contributed by atoms with Crippen molar-refractivity contribution < 1.29 is 4.79 Å². The molecule has 0 aliphatic heterocycles. The molecular formula is C22H15BrN2O. The zero-order valence-corrected chi connectivity index (χ0v) is 15.4. The number of nitrogens with zero attached hydrogens (tertiary/aromatic N) is 1. The third-order valence-corrected chi connectivity index (χ3v) is 4.48. The molecule has 0 fully saturated rings. The topological polar surface area (TPSA) is 52.9 Å². The van der Waals surface area contributed by atoms with Crippen LogP contribution in [0.25, 0.3) is 5.70 Å². The first kappa shape index (κ1) is 17.7. The summed E-state index contributed by atoms with van der Waals surface area (Å²) >= 11 is 3.42. The van der Waals surface area contributed by atoms with Gasteiger partial charge < -0.3 is 5.32 Å². The molecule has 0 heterocycles. The molecule has 0 saturated carbocycles. The highest BCUT2D eigenvalue weighted by molar-refractivity contribution is 9.10. The molecule has 26 heavy (non-hydrogen) atoms. The lowest BCUT2D eigenvalue weighted by Crippen LogP contribution is -2.04. The van der Waals surface area contributed by atoms with Crippen molar-refractivity contribution in [3.8, 4) is 6.07 Å². The van der Waals surface area contributed by atoms with Gasteiger partial charge in [0.2, 0.25) is 0 Å². The van der Waals surface area contributed by atoms with E-state index >= 15 is 0 Å². The summed E-state index contributed by atoms with van der Waals surface area (Å²) in [6.45, 7) is 0. The number of hydrogen-bond donors (Lipinski definition) is 1. The Hall–Kier alpha value is -3.16. The molecule has 0 saturated heterocycles. The molecule has 3 nitrogen and oxygen atoms in total. The van der Waals surface area contributed by atoms with Crippen molar-refractivity contribution >= 4 is 33.1 Å². The summed E-state index contributed by atoms with van der Waals surface area (Å²) in [4.78, 5) is 12.8. The Bertz CT molecular complexity index is 987. The normalized spacial score (nSPS) is 10.8. The van der Waals surface area contributed by atoms with E-state index in [1.165, 1.54) is 0 Å². The largest absolute Gasteiger partial charge is 0.355 e. The van der Waals surface area contributed by atoms with E-state index in [0.717, 1.165) is 15.7 Å². The Morgan fingerprint density at radius 3 is 2.23 bits per heavy atom. The minimum absolute atomic E-state index is 0.0996. The first-order valence-electron chi connectivity index (χ1n) is 8.00. The Balaban J connectivity index is 1.97. The van der Waals surface area contributed by atoms with Crippen molar-refractivity contribution in [3.05, 3.63) is 106 Å². The number of hydrogen-bond acceptors (Lipinski definition) is 3. The molecule has 0 spiro atoms. The highest BCUT2D eigenvalue weighted by Gasteiger charge is 2.10. The Kier molecular flexibility index (Phi) is 5.62. The van der Waals surface area contributed by atoms with Gasteiger partial charge >= 0.3 is 0 Å². The van der Waals surface area contributed by atoms with E-state index in [0.29, 0.717) is 16.8 Å². The number of ketones is 1. The van der Waals surface area contributed by atoms with Gasteiger partial charge in [-0.05, 0) is 42.0 Å². The molecule has 0 unspecified atom stereocenters. The molecule has 0 amide bonds. The van der Waals surface area contributed by atoms with E-state index in [-0.39, 0.29) is 5.78 Å². The van der Waals surface area contributed by atoms with Crippen LogP contribution in [0.3, 0.4) is 0 Å². The lowest BCUT2D eigenvalue weighted by molar-refractivity contribution is 0.104. The molecular weight excluding hydrogens is 388 g/mol. The van der Waals surface area contributed by atoms with Crippen LogP contribution in [0, 0.1) is 11.3 Å². The maximum Gasteiger partial charge on any atom is 0.189 e. The van der Waals surface area contributed by atoms with Crippen molar-refractivity contribution in [2.45, 2.75) is 0 Å². The van der Waals surface area contributed by atoms with E-state index in [1.807, 2.05) is 60.7 Å². The van der Waals surface area contributed by atoms with Gasteiger partial charge in [-0.25, -0.2) is 0 Å². The average Bonchev–Trinajstić information content (AvgIpc) is 2.69. The van der Waals surface area contributed by atoms with E-state index < -0.39 is 0 Å². The Morgan fingerprint density at radius 2 is 1.58 bits per heavy atom. The second-order valence-corrected chi connectivity index (χ2v) is 6.44. The molecule has 0 radical (unpaired) electrons. The predicted molar refractivity (Wildman–Crippen MR) is 108 cm³/mol. The third kappa shape index (κ3) is 4.27. The van der Waals surface area contributed by atoms with E-state index in [2.05, 4.69) is 27.3 Å². The van der Waals surface area contributed by atoms with Gasteiger partial charge in [-0.3, -0.25) is 4.79 Å². The fraction of sp³-hybridized carbons (Fsp3) is 0. The summed E-state index contributed by atoms with van der Waals surface area (Å²) in [7, 11) is 0. The first-order valence-corrected chi connectivity index (χ1v) is 8.80. The van der Waals surface area contributed by atoms with Crippen LogP contribution in [-0.4, -0.2) is 5.78 Å². The number of carbonyl (C=O) groups is 1. The Labute approximate surface area is 160 Å². The van der Waals surface area contributed by atoms with Gasteiger partial charge in [-0.15, -0.1) is 0 Å². The van der Waals surface area contributed by atoms with Crippen molar-refractivity contribution in [1.82, 2.24) is 0 Å². The Morgan fingerprint density at radius 1 is 0.923 bits per heavy atom. The van der Waals surface area contributed by atoms with Gasteiger partial charge in [0.25, 0.3) is 0 Å². The average molecular weight is 403 g/mol. The molecule has 0 atom stereocenters. The molecule has 3 aromatic carbocycles. The molecule has 0 bridgehead atoms. The molecule has 3 rings (SSSR count). The summed E-state index contributed by atoms with van der Waals surface area (Å²) in [5.41, 5.74) is 3.58. The van der Waals surface area contributed by atoms with Crippen molar-refractivity contribution in [1.29, 1.82) is 5.26 Å². The summed E-state index contributed by atoms with van der Waals surface area (Å²) in [6, 6.07) is 26.2. The smallest absolute Gasteiger partial charge is 0.189 e. The van der Waals surface area contributed by atoms with Crippen LogP contribution in [0.15, 0.2) is 89.4 Å². The maximum atomic E-state index is 12.8. The van der Waals surface area contributed by atoms with Gasteiger partial charge in [-0.2, -0.15) is 5.26 Å². The number of carbonyl (C=O) groups excluding carboxylic acids is 1. The second kappa shape index (κ2) is 8.28. The van der Waals surface area contributed by atoms with Gasteiger partial charge in [-0.1, -0.05) is 58.4 Å². The lowest BCUT2D eigenvalue weighted by Gasteiger charge is -2.12. The summed E-state index contributed by atoms with van der Waals surface area (Å²) < 4.78 is 0.757. The number of rotatable bonds is 5. The van der Waals surface area contributed by atoms with Crippen LogP contribution in [-0.2, 0) is 0 Å². The molecule has 0 aromatic heterocycles. The maximum absolute atomic E-state index is 12.8. The zero-order valence-electron chi connectivity index (χ0n) is 13.8. The van der Waals surface area contributed by atoms with Crippen molar-refractivity contribution in [2.75, 3.05) is 5.32 Å². The number of allylic oxidation sites excluding steroid dienone is 1. The predicted octanol–water partition coefficient (Wildman–Crippen LogP) is 5.66. The molecule has 0 aliphatic rings. The van der Waals surface area contributed by atoms with Gasteiger partial charge in [0.15, 0.2) is 5.78 Å². The molecule has 0 aliphatic carbocycles. The van der Waals surface area contributed by atoms with Crippen LogP contribution in [0.2, 0.25) is 0 Å². The number of nitriles is 1. The monoisotopic (exact) mass is 402 g/mol. The van der Waals surface area contributed by atoms with E-state index in [1.54, 1.807) is 24.3 Å². The van der Waals surface area contributed by atoms with Gasteiger partial charge in [0, 0.05) is 27.5 Å². The number of nitrogens with one attached hydrogen (secondary N) is 1. The quantitative estimate of drug-likeness (QED) is 0.442. The van der Waals surface area contributed by atoms with Crippen LogP contribution in [0.4, 0.5) is 5.69 Å². The van der Waals surface area contributed by atoms with Crippen LogP contribution >= 0.6 is 15.9 Å². The summed E-state index contributed by atoms with van der Waals surface area (Å²) in [5.74, 6) is -0.0996. The van der Waals surface area contributed by atoms with Gasteiger partial charge in [0.1, 0.15) is 0 Å². The van der Waals surface area contributed by atoms with Crippen molar-refractivity contribution in [2.24, 2.45) is 0 Å². The number of halogens is 1. The molecule has 3 aromatic rings. The highest BCUT2D eigenvalue weighted by Crippen LogP contribution is 2.22. The zero-order chi connectivity index (χ0) is 18.4. The number of anilines is 1. The number of benzene rings is 3. The highest BCUT2D eigenvalue weighted by atomic mass is 79.9. The molecule has 126 valence electrons. The fourth-order valence-electron chi connectivity index (χ4n) is 2.46. The molecule has 1 N–H and O–H groups in total. The summed E-state index contributed by atoms with van der Waals surface area (Å²) in [6.07, 6.45) is 1.59. The van der Waals surface area contributed by atoms with Crippen molar-refractivity contribution in [3.63, 3.8) is 0 Å². The SMILES string of the molecule is N#Cc1ccc(N/C(=C\C(=O)c2ccccc2Br)c2ccccc2)cc1. The van der Waals surface area contributed by atoms with E-state index in [9.17, 15) is 4.79 Å². The van der Waals surface area contributed by atoms with Crippen LogP contribution < -0.4 is 5.32 Å². The second-order valence-electron chi connectivity index (χ2n) is 5.58. The van der Waals surface area contributed by atoms with Gasteiger partial charge in [0.05, 0.1) is 11.6 Å². The standard InChI is InChI=1S/C22H15BrN2O/c23-20-9-5-4-8-19(20)22(26)14-21(17-6-2-1-3-7-17)25-18-12-10-16(15-24)11-13-18/h1-14,25H/b21-14-. The lowest BCUT2D eigenvalue weighted by atomic mass is 10.1.